The molecule has 2 aliphatic rings. The lowest BCUT2D eigenvalue weighted by molar-refractivity contribution is 0.250. The van der Waals surface area contributed by atoms with Crippen LogP contribution in [0.2, 0.25) is 0 Å². The normalized spacial score (nSPS) is 24.6. The van der Waals surface area contributed by atoms with E-state index in [1.807, 2.05) is 18.5 Å². The third-order valence-electron chi connectivity index (χ3n) is 5.76. The van der Waals surface area contributed by atoms with Gasteiger partial charge >= 0.3 is 0 Å². The van der Waals surface area contributed by atoms with Crippen LogP contribution in [0.5, 0.6) is 0 Å². The molecular weight excluding hydrogens is 324 g/mol. The zero-order valence-corrected chi connectivity index (χ0v) is 16.5. The highest BCUT2D eigenvalue weighted by atomic mass is 15.4. The van der Waals surface area contributed by atoms with Crippen LogP contribution in [0, 0.1) is 5.92 Å². The maximum absolute atomic E-state index is 4.66. The minimum Gasteiger partial charge on any atom is -0.351 e. The average Bonchev–Trinajstić information content (AvgIpc) is 3.46. The number of anilines is 1. The van der Waals surface area contributed by atoms with Crippen molar-refractivity contribution in [1.82, 2.24) is 20.3 Å². The lowest BCUT2D eigenvalue weighted by Crippen LogP contribution is -2.35. The molecule has 1 aromatic heterocycles. The van der Waals surface area contributed by atoms with E-state index in [-0.39, 0.29) is 0 Å². The largest absolute Gasteiger partial charge is 0.351 e. The predicted octanol–water partition coefficient (Wildman–Crippen LogP) is 3.07. The molecule has 0 amide bonds. The highest BCUT2D eigenvalue weighted by Gasteiger charge is 2.24. The minimum absolute atomic E-state index is 0.484. The Morgan fingerprint density at radius 2 is 1.96 bits per heavy atom. The summed E-state index contributed by atoms with van der Waals surface area (Å²) in [5.41, 5.74) is 1.01. The van der Waals surface area contributed by atoms with Crippen LogP contribution in [0.15, 0.2) is 17.4 Å². The van der Waals surface area contributed by atoms with Crippen molar-refractivity contribution < 1.29 is 0 Å². The zero-order valence-electron chi connectivity index (χ0n) is 16.5. The first-order valence-corrected chi connectivity index (χ1v) is 10.1. The van der Waals surface area contributed by atoms with Crippen molar-refractivity contribution in [2.45, 2.75) is 76.4 Å². The second kappa shape index (κ2) is 9.31. The van der Waals surface area contributed by atoms with Gasteiger partial charge in [-0.1, -0.05) is 12.8 Å². The summed E-state index contributed by atoms with van der Waals surface area (Å²) in [6.07, 6.45) is 13.4. The topological polar surface area (TPSA) is 65.4 Å². The van der Waals surface area contributed by atoms with Gasteiger partial charge in [-0.2, -0.15) is 5.10 Å². The third kappa shape index (κ3) is 5.94. The molecule has 0 spiro atoms. The molecule has 1 aromatic rings. The molecular formula is C20H34N6. The molecule has 1 atom stereocenters. The van der Waals surface area contributed by atoms with Crippen LogP contribution in [0.25, 0.3) is 0 Å². The monoisotopic (exact) mass is 358 g/mol. The van der Waals surface area contributed by atoms with Crippen LogP contribution in [0.3, 0.4) is 0 Å². The molecule has 0 saturated heterocycles. The number of rotatable bonds is 9. The number of hydrogen-bond acceptors (Lipinski definition) is 6. The maximum atomic E-state index is 4.66. The van der Waals surface area contributed by atoms with E-state index in [1.54, 1.807) is 0 Å². The highest BCUT2D eigenvalue weighted by molar-refractivity contribution is 5.60. The fraction of sp³-hybridized carbons (Fsp3) is 0.750. The van der Waals surface area contributed by atoms with E-state index in [4.69, 9.17) is 0 Å². The highest BCUT2D eigenvalue weighted by Crippen LogP contribution is 2.34. The molecule has 0 bridgehead atoms. The standard InChI is InChI=1S/C20H34N6/c1-15(14-16-4-5-16)26(3)23-13-11-19-10-12-22-20(25-19)24-18-8-6-17(21-2)7-9-18/h10,12-13,15-18,21H,4-9,11,14H2,1-3H3,(H,22,24,25)/b23-13-/t15-,17-,18-/m1/s1. The van der Waals surface area contributed by atoms with Gasteiger partial charge in [-0.25, -0.2) is 9.97 Å². The first-order valence-electron chi connectivity index (χ1n) is 10.1. The van der Waals surface area contributed by atoms with Crippen LogP contribution in [-0.2, 0) is 6.42 Å². The second-order valence-corrected chi connectivity index (χ2v) is 7.96. The van der Waals surface area contributed by atoms with Crippen LogP contribution >= 0.6 is 0 Å². The molecule has 0 unspecified atom stereocenters. The Labute approximate surface area is 157 Å². The van der Waals surface area contributed by atoms with Gasteiger partial charge in [-0.15, -0.1) is 0 Å². The van der Waals surface area contributed by atoms with Crippen molar-refractivity contribution >= 4 is 12.2 Å². The summed E-state index contributed by atoms with van der Waals surface area (Å²) in [4.78, 5) is 9.05. The van der Waals surface area contributed by atoms with E-state index in [1.165, 1.54) is 44.9 Å². The van der Waals surface area contributed by atoms with Gasteiger partial charge in [0.15, 0.2) is 0 Å². The fourth-order valence-corrected chi connectivity index (χ4v) is 3.65. The van der Waals surface area contributed by atoms with Crippen LogP contribution in [0.1, 0.15) is 57.6 Å². The van der Waals surface area contributed by atoms with E-state index >= 15 is 0 Å². The molecule has 6 heteroatoms. The lowest BCUT2D eigenvalue weighted by Gasteiger charge is -2.28. The van der Waals surface area contributed by atoms with Crippen molar-refractivity contribution in [3.8, 4) is 0 Å². The second-order valence-electron chi connectivity index (χ2n) is 7.96. The van der Waals surface area contributed by atoms with E-state index in [9.17, 15) is 0 Å². The third-order valence-corrected chi connectivity index (χ3v) is 5.76. The zero-order chi connectivity index (χ0) is 18.4. The molecule has 3 rings (SSSR count). The number of nitrogens with zero attached hydrogens (tertiary/aromatic N) is 4. The predicted molar refractivity (Wildman–Crippen MR) is 108 cm³/mol. The summed E-state index contributed by atoms with van der Waals surface area (Å²) < 4.78 is 0. The van der Waals surface area contributed by atoms with Gasteiger partial charge < -0.3 is 10.6 Å². The molecule has 144 valence electrons. The average molecular weight is 359 g/mol. The molecule has 26 heavy (non-hydrogen) atoms. The SMILES string of the molecule is CN[C@H]1CC[C@H](Nc2nccc(C/C=N\N(C)[C@H](C)CC3CC3)n2)CC1. The molecule has 2 fully saturated rings. The summed E-state index contributed by atoms with van der Waals surface area (Å²) >= 11 is 0. The van der Waals surface area contributed by atoms with E-state index in [2.05, 4.69) is 51.7 Å². The fourth-order valence-electron chi connectivity index (χ4n) is 3.65. The molecule has 2 aliphatic carbocycles. The van der Waals surface area contributed by atoms with Crippen molar-refractivity contribution in [1.29, 1.82) is 0 Å². The lowest BCUT2D eigenvalue weighted by atomic mass is 9.91. The summed E-state index contributed by atoms with van der Waals surface area (Å²) in [7, 11) is 4.12. The van der Waals surface area contributed by atoms with E-state index in [0.29, 0.717) is 18.1 Å². The molecule has 6 nitrogen and oxygen atoms in total. The smallest absolute Gasteiger partial charge is 0.223 e. The van der Waals surface area contributed by atoms with Crippen molar-refractivity contribution in [3.63, 3.8) is 0 Å². The first kappa shape index (κ1) is 19.1. The quantitative estimate of drug-likeness (QED) is 0.525. The Hall–Kier alpha value is -1.69. The van der Waals surface area contributed by atoms with E-state index in [0.717, 1.165) is 24.0 Å². The van der Waals surface area contributed by atoms with Crippen LogP contribution in [-0.4, -0.2) is 53.4 Å². The van der Waals surface area contributed by atoms with Gasteiger partial charge in [0.1, 0.15) is 0 Å². The Balaban J connectivity index is 1.45. The number of nitrogens with one attached hydrogen (secondary N) is 2. The van der Waals surface area contributed by atoms with Gasteiger partial charge in [0.05, 0.1) is 5.69 Å². The van der Waals surface area contributed by atoms with Crippen LogP contribution in [0.4, 0.5) is 5.95 Å². The van der Waals surface area contributed by atoms with Crippen molar-refractivity contribution in [2.75, 3.05) is 19.4 Å². The van der Waals surface area contributed by atoms with Crippen molar-refractivity contribution in [3.05, 3.63) is 18.0 Å². The maximum Gasteiger partial charge on any atom is 0.223 e. The summed E-state index contributed by atoms with van der Waals surface area (Å²) in [6.45, 7) is 2.26. The van der Waals surface area contributed by atoms with E-state index < -0.39 is 0 Å². The van der Waals surface area contributed by atoms with Gasteiger partial charge in [0.2, 0.25) is 5.95 Å². The van der Waals surface area contributed by atoms with Gasteiger partial charge in [-0.3, -0.25) is 5.01 Å². The molecule has 0 aliphatic heterocycles. The summed E-state index contributed by atoms with van der Waals surface area (Å²) in [6, 6.07) is 3.63. The molecule has 0 aromatic carbocycles. The molecule has 2 saturated carbocycles. The molecule has 2 N–H and O–H groups in total. The van der Waals surface area contributed by atoms with Crippen molar-refractivity contribution in [2.24, 2.45) is 11.0 Å². The van der Waals surface area contributed by atoms with Gasteiger partial charge in [0, 0.05) is 44.0 Å². The Morgan fingerprint density at radius 1 is 1.23 bits per heavy atom. The molecule has 0 radical (unpaired) electrons. The molecule has 1 heterocycles. The Bertz CT molecular complexity index is 577. The first-order chi connectivity index (χ1) is 12.6. The number of hydrogen-bond donors (Lipinski definition) is 2. The van der Waals surface area contributed by atoms with Crippen LogP contribution < -0.4 is 10.6 Å². The summed E-state index contributed by atoms with van der Waals surface area (Å²) in [5, 5.41) is 13.5. The Kier molecular flexibility index (Phi) is 6.83. The minimum atomic E-state index is 0.484. The number of hydrazone groups is 1. The Morgan fingerprint density at radius 3 is 2.65 bits per heavy atom. The summed E-state index contributed by atoms with van der Waals surface area (Å²) in [5.74, 6) is 1.68. The van der Waals surface area contributed by atoms with Gasteiger partial charge in [-0.05, 0) is 58.1 Å². The number of aromatic nitrogens is 2. The van der Waals surface area contributed by atoms with Gasteiger partial charge in [0.25, 0.3) is 0 Å².